The lowest BCUT2D eigenvalue weighted by molar-refractivity contribution is -0.122. The van der Waals surface area contributed by atoms with Crippen LogP contribution in [0.2, 0.25) is 0 Å². The lowest BCUT2D eigenvalue weighted by Gasteiger charge is -2.21. The molecule has 1 aliphatic heterocycles. The molecule has 1 N–H and O–H groups in total. The molecule has 134 valence electrons. The topological polar surface area (TPSA) is 53.4 Å². The van der Waals surface area contributed by atoms with Crippen LogP contribution in [0.15, 0.2) is 6.07 Å². The van der Waals surface area contributed by atoms with Crippen LogP contribution in [0.1, 0.15) is 30.7 Å². The Morgan fingerprint density at radius 1 is 1.25 bits per heavy atom. The number of nitrogens with one attached hydrogen (secondary N) is 1. The van der Waals surface area contributed by atoms with Crippen LogP contribution >= 0.6 is 0 Å². The summed E-state index contributed by atoms with van der Waals surface area (Å²) in [4.78, 5) is 16.9. The molecular weight excluding hydrogens is 302 g/mol. The molecule has 0 unspecified atom stereocenters. The number of likely N-dealkylation sites (N-methyl/N-ethyl adjacent to an activating group) is 1. The number of nitrogens with zero attached hydrogens (tertiary/aromatic N) is 4. The SMILES string of the molecule is Cc1cc(C)n(CC2(CNC(=O)CN3CCCN(C)CC3)CC2)n1. The smallest absolute Gasteiger partial charge is 0.234 e. The minimum Gasteiger partial charge on any atom is -0.354 e. The van der Waals surface area contributed by atoms with Crippen LogP contribution in [0.3, 0.4) is 0 Å². The summed E-state index contributed by atoms with van der Waals surface area (Å²) < 4.78 is 2.10. The van der Waals surface area contributed by atoms with Gasteiger partial charge in [0.15, 0.2) is 0 Å². The molecule has 0 radical (unpaired) electrons. The normalized spacial score (nSPS) is 21.5. The van der Waals surface area contributed by atoms with Gasteiger partial charge in [0, 0.05) is 37.3 Å². The summed E-state index contributed by atoms with van der Waals surface area (Å²) in [5.74, 6) is 0.166. The minimum atomic E-state index is 0.166. The summed E-state index contributed by atoms with van der Waals surface area (Å²) in [6.07, 6.45) is 3.51. The van der Waals surface area contributed by atoms with Crippen LogP contribution in [-0.4, -0.2) is 71.8 Å². The average molecular weight is 333 g/mol. The van der Waals surface area contributed by atoms with E-state index in [9.17, 15) is 4.79 Å². The molecule has 1 saturated heterocycles. The van der Waals surface area contributed by atoms with Crippen molar-refractivity contribution in [2.75, 3.05) is 46.3 Å². The number of hydrogen-bond acceptors (Lipinski definition) is 4. The van der Waals surface area contributed by atoms with Crippen LogP contribution in [0.4, 0.5) is 0 Å². The van der Waals surface area contributed by atoms with Gasteiger partial charge in [-0.2, -0.15) is 5.10 Å². The van der Waals surface area contributed by atoms with Gasteiger partial charge in [0.25, 0.3) is 0 Å². The van der Waals surface area contributed by atoms with E-state index in [0.29, 0.717) is 6.54 Å². The maximum atomic E-state index is 12.3. The highest BCUT2D eigenvalue weighted by atomic mass is 16.2. The molecule has 1 aliphatic carbocycles. The third-order valence-corrected chi connectivity index (χ3v) is 5.39. The Morgan fingerprint density at radius 2 is 2.04 bits per heavy atom. The Labute approximate surface area is 145 Å². The minimum absolute atomic E-state index is 0.166. The van der Waals surface area contributed by atoms with Crippen molar-refractivity contribution in [1.82, 2.24) is 24.9 Å². The standard InChI is InChI=1S/C18H31N5O/c1-15-11-16(2)23(20-15)14-18(5-6-18)13-19-17(24)12-22-8-4-7-21(3)9-10-22/h11H,4-10,12-14H2,1-3H3,(H,19,24). The Balaban J connectivity index is 1.45. The molecule has 1 amide bonds. The van der Waals surface area contributed by atoms with Gasteiger partial charge < -0.3 is 10.2 Å². The molecule has 0 spiro atoms. The van der Waals surface area contributed by atoms with Crippen molar-refractivity contribution in [2.24, 2.45) is 5.41 Å². The van der Waals surface area contributed by atoms with E-state index in [2.05, 4.69) is 44.9 Å². The monoisotopic (exact) mass is 333 g/mol. The summed E-state index contributed by atoms with van der Waals surface area (Å²) in [6, 6.07) is 2.12. The van der Waals surface area contributed by atoms with Gasteiger partial charge in [0.05, 0.1) is 12.2 Å². The van der Waals surface area contributed by atoms with E-state index in [1.165, 1.54) is 18.5 Å². The lowest BCUT2D eigenvalue weighted by atomic mass is 10.1. The number of amides is 1. The van der Waals surface area contributed by atoms with Crippen LogP contribution in [0.5, 0.6) is 0 Å². The van der Waals surface area contributed by atoms with Crippen molar-refractivity contribution < 1.29 is 4.79 Å². The number of aryl methyl sites for hydroxylation is 2. The zero-order valence-electron chi connectivity index (χ0n) is 15.3. The fourth-order valence-electron chi connectivity index (χ4n) is 3.52. The van der Waals surface area contributed by atoms with E-state index >= 15 is 0 Å². The molecule has 1 aromatic heterocycles. The van der Waals surface area contributed by atoms with Gasteiger partial charge in [-0.15, -0.1) is 0 Å². The van der Waals surface area contributed by atoms with Crippen LogP contribution < -0.4 is 5.32 Å². The molecule has 6 heteroatoms. The third-order valence-electron chi connectivity index (χ3n) is 5.39. The van der Waals surface area contributed by atoms with Crippen molar-refractivity contribution in [3.05, 3.63) is 17.5 Å². The second-order valence-corrected chi connectivity index (χ2v) is 7.79. The number of rotatable bonds is 6. The van der Waals surface area contributed by atoms with Gasteiger partial charge in [-0.25, -0.2) is 0 Å². The van der Waals surface area contributed by atoms with Crippen molar-refractivity contribution >= 4 is 5.91 Å². The predicted molar refractivity (Wildman–Crippen MR) is 94.9 cm³/mol. The van der Waals surface area contributed by atoms with E-state index in [4.69, 9.17) is 0 Å². The third kappa shape index (κ3) is 4.57. The van der Waals surface area contributed by atoms with Crippen LogP contribution in [0.25, 0.3) is 0 Å². The molecular formula is C18H31N5O. The highest BCUT2D eigenvalue weighted by Gasteiger charge is 2.43. The zero-order valence-corrected chi connectivity index (χ0v) is 15.3. The van der Waals surface area contributed by atoms with Gasteiger partial charge in [-0.05, 0) is 59.3 Å². The summed E-state index contributed by atoms with van der Waals surface area (Å²) in [5, 5.41) is 7.74. The van der Waals surface area contributed by atoms with Gasteiger partial charge in [0.1, 0.15) is 0 Å². The first kappa shape index (κ1) is 17.4. The van der Waals surface area contributed by atoms with Gasteiger partial charge >= 0.3 is 0 Å². The molecule has 2 aliphatic rings. The van der Waals surface area contributed by atoms with E-state index in [1.54, 1.807) is 0 Å². The Kier molecular flexibility index (Phi) is 5.25. The molecule has 2 fully saturated rings. The highest BCUT2D eigenvalue weighted by Crippen LogP contribution is 2.46. The number of carbonyl (C=O) groups excluding carboxylic acids is 1. The number of aromatic nitrogens is 2. The molecule has 2 heterocycles. The van der Waals surface area contributed by atoms with Crippen molar-refractivity contribution in [3.8, 4) is 0 Å². The van der Waals surface area contributed by atoms with Gasteiger partial charge in [0.2, 0.25) is 5.91 Å². The summed E-state index contributed by atoms with van der Waals surface area (Å²) in [6.45, 7) is 10.5. The van der Waals surface area contributed by atoms with Gasteiger partial charge in [-0.1, -0.05) is 0 Å². The Morgan fingerprint density at radius 3 is 2.71 bits per heavy atom. The maximum absolute atomic E-state index is 12.3. The molecule has 1 saturated carbocycles. The summed E-state index contributed by atoms with van der Waals surface area (Å²) >= 11 is 0. The van der Waals surface area contributed by atoms with E-state index in [1.807, 2.05) is 6.92 Å². The maximum Gasteiger partial charge on any atom is 0.234 e. The van der Waals surface area contributed by atoms with Crippen molar-refractivity contribution in [2.45, 2.75) is 39.7 Å². The molecule has 24 heavy (non-hydrogen) atoms. The highest BCUT2D eigenvalue weighted by molar-refractivity contribution is 5.78. The Bertz CT molecular complexity index is 578. The number of hydrogen-bond donors (Lipinski definition) is 1. The first-order valence-corrected chi connectivity index (χ1v) is 9.14. The molecule has 6 nitrogen and oxygen atoms in total. The first-order chi connectivity index (χ1) is 11.5. The Hall–Kier alpha value is -1.40. The van der Waals surface area contributed by atoms with Gasteiger partial charge in [-0.3, -0.25) is 14.4 Å². The van der Waals surface area contributed by atoms with Crippen molar-refractivity contribution in [1.29, 1.82) is 0 Å². The zero-order chi connectivity index (χ0) is 17.2. The summed E-state index contributed by atoms with van der Waals surface area (Å²) in [5.41, 5.74) is 2.50. The number of carbonyl (C=O) groups is 1. The fourth-order valence-corrected chi connectivity index (χ4v) is 3.52. The molecule has 3 rings (SSSR count). The average Bonchev–Trinajstić information content (AvgIpc) is 3.25. The molecule has 0 bridgehead atoms. The summed E-state index contributed by atoms with van der Waals surface area (Å²) in [7, 11) is 2.15. The largest absolute Gasteiger partial charge is 0.354 e. The van der Waals surface area contributed by atoms with Crippen molar-refractivity contribution in [3.63, 3.8) is 0 Å². The molecule has 0 atom stereocenters. The van der Waals surface area contributed by atoms with E-state index < -0.39 is 0 Å². The van der Waals surface area contributed by atoms with Crippen LogP contribution in [0, 0.1) is 19.3 Å². The fraction of sp³-hybridized carbons (Fsp3) is 0.778. The van der Waals surface area contributed by atoms with Crippen LogP contribution in [-0.2, 0) is 11.3 Å². The van der Waals surface area contributed by atoms with E-state index in [0.717, 1.165) is 51.4 Å². The molecule has 1 aromatic rings. The second-order valence-electron chi connectivity index (χ2n) is 7.79. The molecule has 0 aromatic carbocycles. The predicted octanol–water partition coefficient (Wildman–Crippen LogP) is 1.03. The first-order valence-electron chi connectivity index (χ1n) is 9.14. The quantitative estimate of drug-likeness (QED) is 0.845. The lowest BCUT2D eigenvalue weighted by Crippen LogP contribution is -2.41. The second kappa shape index (κ2) is 7.23. The van der Waals surface area contributed by atoms with E-state index in [-0.39, 0.29) is 11.3 Å².